The largest absolute Gasteiger partial charge is 0.506 e. The lowest BCUT2D eigenvalue weighted by Crippen LogP contribution is -2.18. The zero-order valence-corrected chi connectivity index (χ0v) is 18.4. The first-order valence-electron chi connectivity index (χ1n) is 8.52. The Morgan fingerprint density at radius 3 is 2.43 bits per heavy atom. The predicted octanol–water partition coefficient (Wildman–Crippen LogP) is 5.07. The molecule has 0 aliphatic rings. The molecule has 0 radical (unpaired) electrons. The maximum absolute atomic E-state index is 13.0. The van der Waals surface area contributed by atoms with Gasteiger partial charge in [-0.2, -0.15) is 5.10 Å². The van der Waals surface area contributed by atoms with Crippen molar-refractivity contribution in [1.29, 1.82) is 0 Å². The molecule has 152 valence electrons. The lowest BCUT2D eigenvalue weighted by molar-refractivity contribution is 0.0953. The van der Waals surface area contributed by atoms with Gasteiger partial charge in [0, 0.05) is 26.9 Å². The Kier molecular flexibility index (Phi) is 6.96. The second-order valence-electron chi connectivity index (χ2n) is 6.07. The van der Waals surface area contributed by atoms with E-state index in [0.29, 0.717) is 15.7 Å². The van der Waals surface area contributed by atoms with Gasteiger partial charge >= 0.3 is 0 Å². The molecule has 30 heavy (non-hydrogen) atoms. The van der Waals surface area contributed by atoms with Crippen LogP contribution in [0.1, 0.15) is 26.3 Å². The maximum Gasteiger partial charge on any atom is 0.271 e. The summed E-state index contributed by atoms with van der Waals surface area (Å²) in [4.78, 5) is 24.6. The van der Waals surface area contributed by atoms with Crippen LogP contribution in [0.15, 0.2) is 74.7 Å². The number of phenolic OH excluding ortho intramolecular Hbond substituents is 1. The van der Waals surface area contributed by atoms with Crippen LogP contribution in [-0.4, -0.2) is 23.1 Å². The Hall–Kier alpha value is -3.04. The Balaban J connectivity index is 1.67. The van der Waals surface area contributed by atoms with E-state index in [9.17, 15) is 19.1 Å². The average Bonchev–Trinajstić information content (AvgIpc) is 2.72. The summed E-state index contributed by atoms with van der Waals surface area (Å²) in [6, 6.07) is 14.7. The molecule has 0 fully saturated rings. The Bertz CT molecular complexity index is 1130. The molecule has 3 N–H and O–H groups in total. The van der Waals surface area contributed by atoms with Crippen LogP contribution < -0.4 is 10.7 Å². The van der Waals surface area contributed by atoms with E-state index in [1.165, 1.54) is 36.5 Å². The van der Waals surface area contributed by atoms with Crippen LogP contribution >= 0.6 is 31.9 Å². The summed E-state index contributed by atoms with van der Waals surface area (Å²) in [5.74, 6) is -1.38. The summed E-state index contributed by atoms with van der Waals surface area (Å²) < 4.78 is 14.2. The van der Waals surface area contributed by atoms with Gasteiger partial charge in [-0.05, 0) is 70.5 Å². The number of phenols is 1. The van der Waals surface area contributed by atoms with Gasteiger partial charge in [-0.15, -0.1) is 0 Å². The number of hydrazone groups is 1. The van der Waals surface area contributed by atoms with Crippen LogP contribution in [0.2, 0.25) is 0 Å². The highest BCUT2D eigenvalue weighted by molar-refractivity contribution is 9.11. The van der Waals surface area contributed by atoms with Crippen LogP contribution in [-0.2, 0) is 0 Å². The number of aromatic hydroxyl groups is 1. The molecule has 2 amide bonds. The number of benzene rings is 3. The third-order valence-corrected chi connectivity index (χ3v) is 4.98. The molecule has 0 unspecified atom stereocenters. The minimum atomic E-state index is -0.502. The molecule has 3 aromatic carbocycles. The van der Waals surface area contributed by atoms with Crippen LogP contribution in [0.5, 0.6) is 5.75 Å². The van der Waals surface area contributed by atoms with Gasteiger partial charge in [0.15, 0.2) is 0 Å². The van der Waals surface area contributed by atoms with Crippen LogP contribution in [0, 0.1) is 5.82 Å². The maximum atomic E-state index is 13.0. The van der Waals surface area contributed by atoms with Crippen LogP contribution in [0.3, 0.4) is 0 Å². The van der Waals surface area contributed by atoms with E-state index in [1.54, 1.807) is 30.3 Å². The molecule has 3 aromatic rings. The van der Waals surface area contributed by atoms with Crippen molar-refractivity contribution in [3.63, 3.8) is 0 Å². The van der Waals surface area contributed by atoms with E-state index in [2.05, 4.69) is 47.7 Å². The topological polar surface area (TPSA) is 90.8 Å². The quantitative estimate of drug-likeness (QED) is 0.315. The van der Waals surface area contributed by atoms with Crippen LogP contribution in [0.4, 0.5) is 10.1 Å². The highest BCUT2D eigenvalue weighted by Gasteiger charge is 2.10. The molecule has 0 aliphatic carbocycles. The Labute approximate surface area is 188 Å². The van der Waals surface area contributed by atoms with Crippen molar-refractivity contribution >= 4 is 55.6 Å². The van der Waals surface area contributed by atoms with Crippen molar-refractivity contribution in [2.45, 2.75) is 0 Å². The van der Waals surface area contributed by atoms with E-state index >= 15 is 0 Å². The van der Waals surface area contributed by atoms with Gasteiger partial charge in [-0.25, -0.2) is 9.82 Å². The molecule has 0 atom stereocenters. The summed E-state index contributed by atoms with van der Waals surface area (Å²) in [6.07, 6.45) is 1.31. The first-order chi connectivity index (χ1) is 14.3. The summed E-state index contributed by atoms with van der Waals surface area (Å²) in [5, 5.41) is 16.5. The first-order valence-corrected chi connectivity index (χ1v) is 10.1. The number of hydrogen-bond donors (Lipinski definition) is 3. The normalized spacial score (nSPS) is 10.8. The summed E-state index contributed by atoms with van der Waals surface area (Å²) in [5.41, 5.74) is 3.72. The fraction of sp³-hybridized carbons (Fsp3) is 0. The number of carbonyl (C=O) groups is 2. The molecule has 6 nitrogen and oxygen atoms in total. The summed E-state index contributed by atoms with van der Waals surface area (Å²) in [7, 11) is 0. The van der Waals surface area contributed by atoms with E-state index in [1.807, 2.05) is 0 Å². The number of hydrogen-bond acceptors (Lipinski definition) is 4. The van der Waals surface area contributed by atoms with E-state index < -0.39 is 17.6 Å². The first kappa shape index (κ1) is 21.7. The van der Waals surface area contributed by atoms with Crippen molar-refractivity contribution in [3.05, 3.63) is 92.1 Å². The number of rotatable bonds is 5. The average molecular weight is 535 g/mol. The van der Waals surface area contributed by atoms with Crippen LogP contribution in [0.25, 0.3) is 0 Å². The van der Waals surface area contributed by atoms with Gasteiger partial charge in [-0.1, -0.05) is 22.0 Å². The van der Waals surface area contributed by atoms with E-state index in [4.69, 9.17) is 0 Å². The number of nitrogens with zero attached hydrogens (tertiary/aromatic N) is 1. The molecular formula is C21H14Br2FN3O3. The predicted molar refractivity (Wildman–Crippen MR) is 119 cm³/mol. The summed E-state index contributed by atoms with van der Waals surface area (Å²) >= 11 is 6.53. The number of anilines is 1. The standard InChI is InChI=1S/C21H14Br2FN3O3/c22-15-8-14(19(28)18(23)10-15)11-25-27-21(30)13-2-1-3-17(9-13)26-20(29)12-4-6-16(24)7-5-12/h1-11,28H,(H,26,29)(H,27,30)/b25-11+. The van der Waals surface area contributed by atoms with Crippen molar-refractivity contribution in [2.24, 2.45) is 5.10 Å². The highest BCUT2D eigenvalue weighted by Crippen LogP contribution is 2.30. The van der Waals surface area contributed by atoms with Gasteiger partial charge in [0.1, 0.15) is 11.6 Å². The van der Waals surface area contributed by atoms with Gasteiger partial charge in [0.05, 0.1) is 10.7 Å². The third-order valence-electron chi connectivity index (χ3n) is 3.92. The molecule has 0 bridgehead atoms. The number of amides is 2. The molecule has 0 aromatic heterocycles. The van der Waals surface area contributed by atoms with Crippen molar-refractivity contribution in [3.8, 4) is 5.75 Å². The van der Waals surface area contributed by atoms with Crippen molar-refractivity contribution < 1.29 is 19.1 Å². The second kappa shape index (κ2) is 9.64. The summed E-state index contributed by atoms with van der Waals surface area (Å²) in [6.45, 7) is 0. The number of carbonyl (C=O) groups excluding carboxylic acids is 2. The molecule has 0 saturated carbocycles. The zero-order chi connectivity index (χ0) is 21.7. The molecular weight excluding hydrogens is 521 g/mol. The second-order valence-corrected chi connectivity index (χ2v) is 7.84. The number of halogens is 3. The Morgan fingerprint density at radius 1 is 0.967 bits per heavy atom. The minimum Gasteiger partial charge on any atom is -0.506 e. The fourth-order valence-electron chi connectivity index (χ4n) is 2.45. The van der Waals surface area contributed by atoms with Gasteiger partial charge < -0.3 is 10.4 Å². The van der Waals surface area contributed by atoms with E-state index in [-0.39, 0.29) is 16.9 Å². The molecule has 0 heterocycles. The van der Waals surface area contributed by atoms with Gasteiger partial charge in [0.25, 0.3) is 11.8 Å². The molecule has 3 rings (SSSR count). The molecule has 0 saturated heterocycles. The van der Waals surface area contributed by atoms with Gasteiger partial charge in [-0.3, -0.25) is 9.59 Å². The number of nitrogens with one attached hydrogen (secondary N) is 2. The van der Waals surface area contributed by atoms with E-state index in [0.717, 1.165) is 4.47 Å². The SMILES string of the molecule is O=C(N/N=C/c1cc(Br)cc(Br)c1O)c1cccc(NC(=O)c2ccc(F)cc2)c1. The fourth-order valence-corrected chi connectivity index (χ4v) is 3.71. The molecule has 9 heteroatoms. The highest BCUT2D eigenvalue weighted by atomic mass is 79.9. The van der Waals surface area contributed by atoms with Crippen molar-refractivity contribution in [1.82, 2.24) is 5.43 Å². The zero-order valence-electron chi connectivity index (χ0n) is 15.2. The monoisotopic (exact) mass is 533 g/mol. The minimum absolute atomic E-state index is 0.0123. The van der Waals surface area contributed by atoms with Gasteiger partial charge in [0.2, 0.25) is 0 Å². The lowest BCUT2D eigenvalue weighted by atomic mass is 10.1. The smallest absolute Gasteiger partial charge is 0.271 e. The lowest BCUT2D eigenvalue weighted by Gasteiger charge is -2.07. The molecule has 0 aliphatic heterocycles. The third kappa shape index (κ3) is 5.52. The Morgan fingerprint density at radius 2 is 1.70 bits per heavy atom. The van der Waals surface area contributed by atoms with Crippen molar-refractivity contribution in [2.75, 3.05) is 5.32 Å². The molecule has 0 spiro atoms.